The second-order valence-corrected chi connectivity index (χ2v) is 5.54. The van der Waals surface area contributed by atoms with Gasteiger partial charge in [-0.15, -0.1) is 0 Å². The molecule has 1 aliphatic rings. The Balaban J connectivity index is 1.64. The molecule has 0 unspecified atom stereocenters. The first kappa shape index (κ1) is 13.7. The Morgan fingerprint density at radius 3 is 2.52 bits per heavy atom. The van der Waals surface area contributed by atoms with E-state index in [-0.39, 0.29) is 11.6 Å². The van der Waals surface area contributed by atoms with Crippen LogP contribution in [0.5, 0.6) is 0 Å². The number of hydrogen-bond acceptors (Lipinski definition) is 2. The van der Waals surface area contributed by atoms with Gasteiger partial charge in [0.05, 0.1) is 0 Å². The maximum Gasteiger partial charge on any atom is 0.189 e. The molecule has 3 aromatic rings. The number of carbonyl (C=O) groups excluding carboxylic acids is 1. The fourth-order valence-electron chi connectivity index (χ4n) is 2.84. The van der Waals surface area contributed by atoms with Crippen LogP contribution in [-0.2, 0) is 6.42 Å². The molecule has 0 radical (unpaired) electrons. The predicted octanol–water partition coefficient (Wildman–Crippen LogP) is 4.91. The first-order valence-electron chi connectivity index (χ1n) is 7.40. The highest BCUT2D eigenvalue weighted by atomic mass is 19.1. The summed E-state index contributed by atoms with van der Waals surface area (Å²) in [6.45, 7) is 0. The van der Waals surface area contributed by atoms with E-state index in [0.717, 1.165) is 22.3 Å². The molecular formula is C20H13FO2. The third-order valence-corrected chi connectivity index (χ3v) is 4.01. The number of Topliss-reactive ketones (excluding diaryl/α,β-unsaturated/α-hetero) is 1. The maximum absolute atomic E-state index is 13.0. The number of carbonyl (C=O) groups is 1. The molecule has 0 fully saturated rings. The van der Waals surface area contributed by atoms with Crippen LogP contribution < -0.4 is 0 Å². The molecule has 1 heterocycles. The third-order valence-electron chi connectivity index (χ3n) is 4.01. The first-order valence-corrected chi connectivity index (χ1v) is 7.40. The lowest BCUT2D eigenvalue weighted by Crippen LogP contribution is -1.94. The summed E-state index contributed by atoms with van der Waals surface area (Å²) in [7, 11) is 0. The van der Waals surface area contributed by atoms with Crippen LogP contribution in [0.25, 0.3) is 17.4 Å². The average molecular weight is 304 g/mol. The van der Waals surface area contributed by atoms with Crippen LogP contribution >= 0.6 is 0 Å². The number of fused-ring (bicyclic) bond motifs is 1. The summed E-state index contributed by atoms with van der Waals surface area (Å²) in [4.78, 5) is 12.4. The van der Waals surface area contributed by atoms with Gasteiger partial charge in [-0.3, -0.25) is 4.79 Å². The highest BCUT2D eigenvalue weighted by Gasteiger charge is 2.24. The highest BCUT2D eigenvalue weighted by Crippen LogP contribution is 2.29. The molecule has 0 spiro atoms. The molecule has 0 amide bonds. The lowest BCUT2D eigenvalue weighted by atomic mass is 10.1. The van der Waals surface area contributed by atoms with Gasteiger partial charge in [0.15, 0.2) is 5.78 Å². The van der Waals surface area contributed by atoms with Gasteiger partial charge in [-0.2, -0.15) is 0 Å². The summed E-state index contributed by atoms with van der Waals surface area (Å²) in [6, 6.07) is 17.4. The van der Waals surface area contributed by atoms with Gasteiger partial charge in [0, 0.05) is 23.1 Å². The number of benzene rings is 2. The Bertz CT molecular complexity index is 917. The van der Waals surface area contributed by atoms with Crippen LogP contribution in [0.15, 0.2) is 70.7 Å². The lowest BCUT2D eigenvalue weighted by Gasteiger charge is -1.96. The highest BCUT2D eigenvalue weighted by molar-refractivity contribution is 6.15. The van der Waals surface area contributed by atoms with E-state index in [4.69, 9.17) is 4.42 Å². The summed E-state index contributed by atoms with van der Waals surface area (Å²) in [5, 5.41) is 0. The monoisotopic (exact) mass is 304 g/mol. The van der Waals surface area contributed by atoms with Crippen molar-refractivity contribution in [2.75, 3.05) is 0 Å². The summed E-state index contributed by atoms with van der Waals surface area (Å²) in [5.41, 5.74) is 3.35. The van der Waals surface area contributed by atoms with Crippen LogP contribution in [0.1, 0.15) is 21.7 Å². The summed E-state index contributed by atoms with van der Waals surface area (Å²) in [6.07, 6.45) is 2.41. The number of ketones is 1. The topological polar surface area (TPSA) is 30.2 Å². The predicted molar refractivity (Wildman–Crippen MR) is 86.6 cm³/mol. The van der Waals surface area contributed by atoms with Crippen LogP contribution in [0, 0.1) is 5.82 Å². The number of allylic oxidation sites excluding steroid dienone is 1. The van der Waals surface area contributed by atoms with Gasteiger partial charge in [-0.05, 0) is 48.0 Å². The molecule has 0 atom stereocenters. The Morgan fingerprint density at radius 2 is 1.74 bits per heavy atom. The van der Waals surface area contributed by atoms with Crippen molar-refractivity contribution >= 4 is 11.9 Å². The molecular weight excluding hydrogens is 291 g/mol. The maximum atomic E-state index is 13.0. The molecule has 3 heteroatoms. The Hall–Kier alpha value is -2.94. The molecule has 2 nitrogen and oxygen atoms in total. The van der Waals surface area contributed by atoms with Crippen molar-refractivity contribution < 1.29 is 13.6 Å². The van der Waals surface area contributed by atoms with Crippen LogP contribution in [0.2, 0.25) is 0 Å². The zero-order chi connectivity index (χ0) is 15.8. The number of halogens is 1. The number of rotatable bonds is 2. The molecule has 0 bridgehead atoms. The van der Waals surface area contributed by atoms with E-state index in [1.165, 1.54) is 12.1 Å². The summed E-state index contributed by atoms with van der Waals surface area (Å²) < 4.78 is 18.7. The van der Waals surface area contributed by atoms with E-state index < -0.39 is 0 Å². The van der Waals surface area contributed by atoms with E-state index in [9.17, 15) is 9.18 Å². The third kappa shape index (κ3) is 2.50. The standard InChI is InChI=1S/C20H13FO2/c21-16-7-5-13(6-8-16)19-10-9-17(23-19)12-15-11-14-3-1-2-4-18(14)20(15)22/h1-10,12H,11H2. The minimum Gasteiger partial charge on any atom is -0.457 e. The quantitative estimate of drug-likeness (QED) is 0.630. The normalized spacial score (nSPS) is 15.2. The largest absolute Gasteiger partial charge is 0.457 e. The number of hydrogen-bond donors (Lipinski definition) is 0. The molecule has 0 saturated heterocycles. The van der Waals surface area contributed by atoms with Gasteiger partial charge >= 0.3 is 0 Å². The van der Waals surface area contributed by atoms with Crippen molar-refractivity contribution in [3.8, 4) is 11.3 Å². The first-order chi connectivity index (χ1) is 11.2. The zero-order valence-electron chi connectivity index (χ0n) is 12.3. The fourth-order valence-corrected chi connectivity index (χ4v) is 2.84. The van der Waals surface area contributed by atoms with Crippen molar-refractivity contribution in [2.45, 2.75) is 6.42 Å². The van der Waals surface area contributed by atoms with Crippen LogP contribution in [-0.4, -0.2) is 5.78 Å². The molecule has 1 aliphatic carbocycles. The molecule has 0 saturated carbocycles. The molecule has 1 aromatic heterocycles. The van der Waals surface area contributed by atoms with E-state index in [1.807, 2.05) is 36.4 Å². The molecule has 2 aromatic carbocycles. The molecule has 4 rings (SSSR count). The van der Waals surface area contributed by atoms with Crippen molar-refractivity contribution in [1.82, 2.24) is 0 Å². The van der Waals surface area contributed by atoms with Gasteiger partial charge in [-0.25, -0.2) is 4.39 Å². The van der Waals surface area contributed by atoms with Crippen LogP contribution in [0.4, 0.5) is 4.39 Å². The lowest BCUT2D eigenvalue weighted by molar-refractivity contribution is 0.104. The van der Waals surface area contributed by atoms with E-state index >= 15 is 0 Å². The fraction of sp³-hybridized carbons (Fsp3) is 0.0500. The minimum atomic E-state index is -0.281. The van der Waals surface area contributed by atoms with Gasteiger partial charge in [0.1, 0.15) is 17.3 Å². The van der Waals surface area contributed by atoms with Crippen molar-refractivity contribution in [2.24, 2.45) is 0 Å². The second kappa shape index (κ2) is 5.36. The number of furan rings is 1. The van der Waals surface area contributed by atoms with Crippen LogP contribution in [0.3, 0.4) is 0 Å². The van der Waals surface area contributed by atoms with Crippen molar-refractivity contribution in [1.29, 1.82) is 0 Å². The minimum absolute atomic E-state index is 0.0559. The Kier molecular flexibility index (Phi) is 3.19. The second-order valence-electron chi connectivity index (χ2n) is 5.54. The molecule has 0 aliphatic heterocycles. The van der Waals surface area contributed by atoms with E-state index in [1.54, 1.807) is 18.2 Å². The molecule has 23 heavy (non-hydrogen) atoms. The van der Waals surface area contributed by atoms with Gasteiger partial charge in [0.25, 0.3) is 0 Å². The van der Waals surface area contributed by atoms with E-state index in [0.29, 0.717) is 17.9 Å². The van der Waals surface area contributed by atoms with E-state index in [2.05, 4.69) is 0 Å². The Morgan fingerprint density at radius 1 is 0.957 bits per heavy atom. The zero-order valence-corrected chi connectivity index (χ0v) is 12.3. The average Bonchev–Trinajstić information content (AvgIpc) is 3.15. The SMILES string of the molecule is O=C1C(=Cc2ccc(-c3ccc(F)cc3)o2)Cc2ccccc21. The molecule has 0 N–H and O–H groups in total. The summed E-state index contributed by atoms with van der Waals surface area (Å²) in [5.74, 6) is 1.05. The Labute approximate surface area is 132 Å². The van der Waals surface area contributed by atoms with Gasteiger partial charge in [0.2, 0.25) is 0 Å². The van der Waals surface area contributed by atoms with Crippen molar-refractivity contribution in [3.05, 3.63) is 88.9 Å². The van der Waals surface area contributed by atoms with Gasteiger partial charge < -0.3 is 4.42 Å². The van der Waals surface area contributed by atoms with Gasteiger partial charge in [-0.1, -0.05) is 24.3 Å². The molecule has 112 valence electrons. The van der Waals surface area contributed by atoms with Crippen molar-refractivity contribution in [3.63, 3.8) is 0 Å². The summed E-state index contributed by atoms with van der Waals surface area (Å²) >= 11 is 0. The smallest absolute Gasteiger partial charge is 0.189 e.